The van der Waals surface area contributed by atoms with Gasteiger partial charge in [-0.05, 0) is 6.07 Å². The zero-order chi connectivity index (χ0) is 11.3. The molecule has 16 heavy (non-hydrogen) atoms. The molecule has 4 heteroatoms. The van der Waals surface area contributed by atoms with E-state index in [1.165, 1.54) is 0 Å². The van der Waals surface area contributed by atoms with Crippen LogP contribution in [-0.4, -0.2) is 9.97 Å². The molecule has 0 amide bonds. The van der Waals surface area contributed by atoms with Crippen molar-refractivity contribution in [2.24, 2.45) is 0 Å². The van der Waals surface area contributed by atoms with Crippen molar-refractivity contribution in [1.82, 2.24) is 9.97 Å². The van der Waals surface area contributed by atoms with Crippen molar-refractivity contribution in [2.45, 2.75) is 26.7 Å². The lowest BCUT2D eigenvalue weighted by Gasteiger charge is -1.93. The number of aromatic nitrogens is 2. The normalized spacial score (nSPS) is 12.0. The van der Waals surface area contributed by atoms with Gasteiger partial charge in [0.05, 0.1) is 0 Å². The predicted octanol–water partition coefficient (Wildman–Crippen LogP) is 3.40. The molecule has 2 heterocycles. The Balaban J connectivity index is 2.31. The Bertz CT molecular complexity index is 613. The zero-order valence-electron chi connectivity index (χ0n) is 9.44. The minimum atomic E-state index is 0.286. The number of nitrogens with zero attached hydrogens (tertiary/aromatic N) is 2. The standard InChI is InChI=1S/C12H12N2O2/c1-6(2)12-14-9-4-8-10(5-11(9)16-12)15-7(3)13-8/h4-6H,1-3H3. The SMILES string of the molecule is Cc1nc2cc3nc(C(C)C)oc3cc2o1. The molecule has 0 radical (unpaired) electrons. The molecular formula is C12H12N2O2. The van der Waals surface area contributed by atoms with Crippen molar-refractivity contribution in [3.63, 3.8) is 0 Å². The Labute approximate surface area is 92.3 Å². The molecule has 0 atom stereocenters. The van der Waals surface area contributed by atoms with E-state index in [1.807, 2.05) is 19.1 Å². The number of oxazole rings is 2. The van der Waals surface area contributed by atoms with Gasteiger partial charge in [-0.15, -0.1) is 0 Å². The molecule has 82 valence electrons. The van der Waals surface area contributed by atoms with E-state index in [9.17, 15) is 0 Å². The molecule has 0 spiro atoms. The van der Waals surface area contributed by atoms with Crippen LogP contribution < -0.4 is 0 Å². The minimum Gasteiger partial charge on any atom is -0.441 e. The van der Waals surface area contributed by atoms with Crippen LogP contribution in [0.15, 0.2) is 21.0 Å². The van der Waals surface area contributed by atoms with Gasteiger partial charge in [-0.3, -0.25) is 0 Å². The molecular weight excluding hydrogens is 204 g/mol. The van der Waals surface area contributed by atoms with E-state index in [0.29, 0.717) is 5.89 Å². The number of fused-ring (bicyclic) bond motifs is 2. The molecule has 2 aromatic heterocycles. The fourth-order valence-electron chi connectivity index (χ4n) is 1.73. The van der Waals surface area contributed by atoms with E-state index in [-0.39, 0.29) is 5.92 Å². The van der Waals surface area contributed by atoms with E-state index >= 15 is 0 Å². The molecule has 3 rings (SSSR count). The van der Waals surface area contributed by atoms with Gasteiger partial charge in [0.1, 0.15) is 11.0 Å². The third-order valence-corrected chi connectivity index (χ3v) is 2.52. The van der Waals surface area contributed by atoms with E-state index in [4.69, 9.17) is 8.83 Å². The molecule has 0 aliphatic rings. The Hall–Kier alpha value is -1.84. The highest BCUT2D eigenvalue weighted by atomic mass is 16.4. The summed E-state index contributed by atoms with van der Waals surface area (Å²) in [5, 5.41) is 0. The molecule has 0 saturated heterocycles. The molecule has 1 aromatic carbocycles. The van der Waals surface area contributed by atoms with Crippen molar-refractivity contribution in [3.05, 3.63) is 23.9 Å². The topological polar surface area (TPSA) is 52.1 Å². The van der Waals surface area contributed by atoms with Crippen LogP contribution in [0.4, 0.5) is 0 Å². The third kappa shape index (κ3) is 1.30. The molecule has 0 aliphatic carbocycles. The first-order chi connectivity index (χ1) is 7.63. The Morgan fingerprint density at radius 3 is 2.44 bits per heavy atom. The van der Waals surface area contributed by atoms with Gasteiger partial charge in [0.25, 0.3) is 0 Å². The molecule has 0 N–H and O–H groups in total. The van der Waals surface area contributed by atoms with Gasteiger partial charge in [-0.25, -0.2) is 9.97 Å². The summed E-state index contributed by atoms with van der Waals surface area (Å²) in [5.74, 6) is 1.69. The second-order valence-electron chi connectivity index (χ2n) is 4.23. The summed E-state index contributed by atoms with van der Waals surface area (Å²) in [5.41, 5.74) is 3.17. The van der Waals surface area contributed by atoms with Gasteiger partial charge in [0.2, 0.25) is 0 Å². The predicted molar refractivity (Wildman–Crippen MR) is 60.4 cm³/mol. The minimum absolute atomic E-state index is 0.286. The highest BCUT2D eigenvalue weighted by Gasteiger charge is 2.12. The average Bonchev–Trinajstić information content (AvgIpc) is 2.74. The van der Waals surface area contributed by atoms with Gasteiger partial charge in [-0.2, -0.15) is 0 Å². The summed E-state index contributed by atoms with van der Waals surface area (Å²) >= 11 is 0. The van der Waals surface area contributed by atoms with Crippen LogP contribution in [0.1, 0.15) is 31.5 Å². The maximum atomic E-state index is 5.65. The molecule has 0 saturated carbocycles. The van der Waals surface area contributed by atoms with Crippen LogP contribution in [-0.2, 0) is 0 Å². The Morgan fingerprint density at radius 2 is 1.69 bits per heavy atom. The lowest BCUT2D eigenvalue weighted by Crippen LogP contribution is -1.84. The first kappa shape index (κ1) is 9.39. The monoisotopic (exact) mass is 216 g/mol. The summed E-state index contributed by atoms with van der Waals surface area (Å²) in [6, 6.07) is 3.75. The van der Waals surface area contributed by atoms with E-state index in [2.05, 4.69) is 23.8 Å². The Morgan fingerprint density at radius 1 is 1.00 bits per heavy atom. The van der Waals surface area contributed by atoms with Crippen molar-refractivity contribution in [2.75, 3.05) is 0 Å². The quantitative estimate of drug-likeness (QED) is 0.625. The maximum absolute atomic E-state index is 5.65. The summed E-state index contributed by atoms with van der Waals surface area (Å²) < 4.78 is 11.1. The fraction of sp³-hybridized carbons (Fsp3) is 0.333. The number of aryl methyl sites for hydroxylation is 1. The van der Waals surface area contributed by atoms with Crippen LogP contribution in [0, 0.1) is 6.92 Å². The van der Waals surface area contributed by atoms with Crippen LogP contribution in [0.5, 0.6) is 0 Å². The molecule has 4 nitrogen and oxygen atoms in total. The first-order valence-electron chi connectivity index (χ1n) is 5.31. The lowest BCUT2D eigenvalue weighted by atomic mass is 10.2. The van der Waals surface area contributed by atoms with Crippen molar-refractivity contribution in [3.8, 4) is 0 Å². The van der Waals surface area contributed by atoms with Gasteiger partial charge in [0, 0.05) is 18.9 Å². The van der Waals surface area contributed by atoms with Crippen molar-refractivity contribution < 1.29 is 8.83 Å². The van der Waals surface area contributed by atoms with E-state index < -0.39 is 0 Å². The van der Waals surface area contributed by atoms with Crippen LogP contribution in [0.3, 0.4) is 0 Å². The molecule has 3 aromatic rings. The number of hydrogen-bond acceptors (Lipinski definition) is 4. The summed E-state index contributed by atoms with van der Waals surface area (Å²) in [4.78, 5) is 8.69. The molecule has 0 fully saturated rings. The highest BCUT2D eigenvalue weighted by molar-refractivity contribution is 5.89. The summed E-state index contributed by atoms with van der Waals surface area (Å²) in [6.07, 6.45) is 0. The zero-order valence-corrected chi connectivity index (χ0v) is 9.44. The number of hydrogen-bond donors (Lipinski definition) is 0. The van der Waals surface area contributed by atoms with Crippen LogP contribution >= 0.6 is 0 Å². The molecule has 0 bridgehead atoms. The molecule has 0 unspecified atom stereocenters. The summed E-state index contributed by atoms with van der Waals surface area (Å²) in [6.45, 7) is 5.93. The second kappa shape index (κ2) is 3.07. The van der Waals surface area contributed by atoms with Gasteiger partial charge >= 0.3 is 0 Å². The highest BCUT2D eigenvalue weighted by Crippen LogP contribution is 2.26. The molecule has 0 aliphatic heterocycles. The number of benzene rings is 1. The largest absolute Gasteiger partial charge is 0.441 e. The number of rotatable bonds is 1. The summed E-state index contributed by atoms with van der Waals surface area (Å²) in [7, 11) is 0. The van der Waals surface area contributed by atoms with Gasteiger partial charge in [0.15, 0.2) is 22.9 Å². The van der Waals surface area contributed by atoms with Crippen LogP contribution in [0.25, 0.3) is 22.2 Å². The fourth-order valence-corrected chi connectivity index (χ4v) is 1.73. The van der Waals surface area contributed by atoms with Crippen molar-refractivity contribution in [1.29, 1.82) is 0 Å². The Kier molecular flexibility index (Phi) is 1.80. The second-order valence-corrected chi connectivity index (χ2v) is 4.23. The van der Waals surface area contributed by atoms with Gasteiger partial charge < -0.3 is 8.83 Å². The van der Waals surface area contributed by atoms with Gasteiger partial charge in [-0.1, -0.05) is 13.8 Å². The third-order valence-electron chi connectivity index (χ3n) is 2.52. The average molecular weight is 216 g/mol. The van der Waals surface area contributed by atoms with Crippen molar-refractivity contribution >= 4 is 22.2 Å². The first-order valence-corrected chi connectivity index (χ1v) is 5.31. The lowest BCUT2D eigenvalue weighted by molar-refractivity contribution is 0.500. The van der Waals surface area contributed by atoms with E-state index in [0.717, 1.165) is 28.1 Å². The van der Waals surface area contributed by atoms with E-state index in [1.54, 1.807) is 0 Å². The van der Waals surface area contributed by atoms with Crippen LogP contribution in [0.2, 0.25) is 0 Å². The maximum Gasteiger partial charge on any atom is 0.198 e. The smallest absolute Gasteiger partial charge is 0.198 e.